The molecule has 0 fully saturated rings. The monoisotopic (exact) mass is 353 g/mol. The van der Waals surface area contributed by atoms with Crippen LogP contribution in [0.4, 0.5) is 0 Å². The number of nitrogens with zero attached hydrogens (tertiary/aromatic N) is 5. The highest BCUT2D eigenvalue weighted by atomic mass is 16.2. The van der Waals surface area contributed by atoms with Gasteiger partial charge in [0.05, 0.1) is 11.9 Å². The molecule has 3 aromatic rings. The maximum Gasteiger partial charge on any atom is 0.265 e. The number of Topliss-reactive ketones (excluding diaryl/α,β-unsaturated/α-hetero) is 1. The van der Waals surface area contributed by atoms with E-state index in [0.717, 1.165) is 15.8 Å². The van der Waals surface area contributed by atoms with Crippen LogP contribution in [0.2, 0.25) is 0 Å². The van der Waals surface area contributed by atoms with Crippen molar-refractivity contribution in [1.29, 1.82) is 0 Å². The molecule has 8 heteroatoms. The summed E-state index contributed by atoms with van der Waals surface area (Å²) in [6, 6.07) is 6.39. The highest BCUT2D eigenvalue weighted by Crippen LogP contribution is 2.16. The second-order valence-corrected chi connectivity index (χ2v) is 6.33. The normalized spacial score (nSPS) is 12.2. The summed E-state index contributed by atoms with van der Waals surface area (Å²) in [4.78, 5) is 42.7. The van der Waals surface area contributed by atoms with Gasteiger partial charge in [-0.3, -0.25) is 19.0 Å². The number of aromatic nitrogens is 4. The molecule has 0 unspecified atom stereocenters. The topological polar surface area (TPSA) is 90.1 Å². The number of likely N-dealkylation sites (N-methyl/N-ethyl adjacent to an activating group) is 1. The van der Waals surface area contributed by atoms with E-state index in [1.165, 1.54) is 38.4 Å². The summed E-state index contributed by atoms with van der Waals surface area (Å²) < 4.78 is 2.62. The lowest BCUT2D eigenvalue weighted by Crippen LogP contribution is -2.40. The third kappa shape index (κ3) is 2.90. The first-order chi connectivity index (χ1) is 12.3. The van der Waals surface area contributed by atoms with E-state index in [-0.39, 0.29) is 5.39 Å². The molecule has 0 aliphatic heterocycles. The van der Waals surface area contributed by atoms with E-state index in [2.05, 4.69) is 10.1 Å². The molecule has 0 N–H and O–H groups in total. The van der Waals surface area contributed by atoms with E-state index in [9.17, 15) is 14.4 Å². The van der Waals surface area contributed by atoms with Gasteiger partial charge in [0.2, 0.25) is 0 Å². The maximum atomic E-state index is 12.8. The van der Waals surface area contributed by atoms with Crippen LogP contribution in [0.25, 0.3) is 16.7 Å². The molecule has 1 atom stereocenters. The summed E-state index contributed by atoms with van der Waals surface area (Å²) in [5.74, 6) is -0.912. The molecule has 0 saturated heterocycles. The number of aryl methyl sites for hydroxylation is 1. The lowest BCUT2D eigenvalue weighted by Gasteiger charge is -2.20. The van der Waals surface area contributed by atoms with Crippen LogP contribution in [0.1, 0.15) is 18.5 Å². The molecule has 1 aromatic carbocycles. The zero-order chi connectivity index (χ0) is 19.0. The molecule has 134 valence electrons. The Balaban J connectivity index is 2.16. The van der Waals surface area contributed by atoms with Crippen LogP contribution in [0, 0.1) is 6.92 Å². The standard InChI is InChI=1S/C18H19N5O3/c1-11-5-7-13(8-6-11)23-16-14(9-20-23)17(25)22(10-19-16)15(12(2)24)18(26)21(3)4/h5-10,15H,1-4H3/t15-/m0/s1. The first-order valence-electron chi connectivity index (χ1n) is 8.05. The van der Waals surface area contributed by atoms with Gasteiger partial charge in [0, 0.05) is 14.1 Å². The van der Waals surface area contributed by atoms with Crippen LogP contribution in [0.3, 0.4) is 0 Å². The first kappa shape index (κ1) is 17.5. The Labute approximate surface area is 149 Å². The van der Waals surface area contributed by atoms with Crippen LogP contribution in [0.5, 0.6) is 0 Å². The SMILES string of the molecule is CC(=O)[C@@H](C(=O)N(C)C)n1cnc2c(cnn2-c2ccc(C)cc2)c1=O. The molecule has 0 spiro atoms. The minimum absolute atomic E-state index is 0.242. The molecule has 0 bridgehead atoms. The minimum Gasteiger partial charge on any atom is -0.347 e. The Kier molecular flexibility index (Phi) is 4.41. The molecular formula is C18H19N5O3. The minimum atomic E-state index is -1.24. The average molecular weight is 353 g/mol. The summed E-state index contributed by atoms with van der Waals surface area (Å²) in [6.45, 7) is 3.25. The number of carbonyl (C=O) groups excluding carboxylic acids is 2. The highest BCUT2D eigenvalue weighted by Gasteiger charge is 2.29. The van der Waals surface area contributed by atoms with Gasteiger partial charge in [0.1, 0.15) is 11.7 Å². The third-order valence-corrected chi connectivity index (χ3v) is 4.13. The van der Waals surface area contributed by atoms with Crippen LogP contribution >= 0.6 is 0 Å². The van der Waals surface area contributed by atoms with Crippen molar-refractivity contribution in [3.8, 4) is 5.69 Å². The van der Waals surface area contributed by atoms with Crippen molar-refractivity contribution >= 4 is 22.7 Å². The molecule has 3 rings (SSSR count). The average Bonchev–Trinajstić information content (AvgIpc) is 3.02. The summed E-state index contributed by atoms with van der Waals surface area (Å²) in [5.41, 5.74) is 1.76. The first-order valence-corrected chi connectivity index (χ1v) is 8.05. The van der Waals surface area contributed by atoms with Gasteiger partial charge in [-0.1, -0.05) is 17.7 Å². The fourth-order valence-electron chi connectivity index (χ4n) is 2.72. The lowest BCUT2D eigenvalue weighted by atomic mass is 10.1. The molecule has 0 aliphatic carbocycles. The fraction of sp³-hybridized carbons (Fsp3) is 0.278. The van der Waals surface area contributed by atoms with Gasteiger partial charge in [-0.2, -0.15) is 5.10 Å². The van der Waals surface area contributed by atoms with Crippen molar-refractivity contribution < 1.29 is 9.59 Å². The Morgan fingerprint density at radius 2 is 1.81 bits per heavy atom. The second-order valence-electron chi connectivity index (χ2n) is 6.33. The van der Waals surface area contributed by atoms with Gasteiger partial charge in [0.25, 0.3) is 11.5 Å². The fourth-order valence-corrected chi connectivity index (χ4v) is 2.72. The molecule has 0 saturated carbocycles. The summed E-state index contributed by atoms with van der Waals surface area (Å²) in [6.07, 6.45) is 2.63. The third-order valence-electron chi connectivity index (χ3n) is 4.13. The largest absolute Gasteiger partial charge is 0.347 e. The number of amides is 1. The van der Waals surface area contributed by atoms with Crippen LogP contribution in [-0.4, -0.2) is 50.0 Å². The Hall–Kier alpha value is -3.29. The summed E-state index contributed by atoms with van der Waals surface area (Å²) in [7, 11) is 3.06. The predicted octanol–water partition coefficient (Wildman–Crippen LogP) is 1.11. The van der Waals surface area contributed by atoms with Crippen molar-refractivity contribution in [3.63, 3.8) is 0 Å². The van der Waals surface area contributed by atoms with Gasteiger partial charge in [0.15, 0.2) is 17.5 Å². The number of benzene rings is 1. The Bertz CT molecular complexity index is 1050. The van der Waals surface area contributed by atoms with Gasteiger partial charge in [-0.15, -0.1) is 0 Å². The molecule has 1 amide bonds. The van der Waals surface area contributed by atoms with Crippen molar-refractivity contribution in [2.75, 3.05) is 14.1 Å². The molecule has 8 nitrogen and oxygen atoms in total. The van der Waals surface area contributed by atoms with Crippen molar-refractivity contribution in [1.82, 2.24) is 24.2 Å². The van der Waals surface area contributed by atoms with Crippen LogP contribution < -0.4 is 5.56 Å². The van der Waals surface area contributed by atoms with Crippen molar-refractivity contribution in [3.05, 3.63) is 52.7 Å². The van der Waals surface area contributed by atoms with Gasteiger partial charge < -0.3 is 4.90 Å². The van der Waals surface area contributed by atoms with Crippen LogP contribution in [-0.2, 0) is 9.59 Å². The molecular weight excluding hydrogens is 334 g/mol. The Morgan fingerprint density at radius 3 is 2.38 bits per heavy atom. The van der Waals surface area contributed by atoms with E-state index in [1.807, 2.05) is 31.2 Å². The molecule has 2 heterocycles. The van der Waals surface area contributed by atoms with E-state index in [4.69, 9.17) is 0 Å². The maximum absolute atomic E-state index is 12.8. The number of hydrogen-bond acceptors (Lipinski definition) is 5. The number of carbonyl (C=O) groups is 2. The van der Waals surface area contributed by atoms with Gasteiger partial charge in [-0.05, 0) is 26.0 Å². The molecule has 0 aliphatic rings. The number of rotatable bonds is 4. The molecule has 0 radical (unpaired) electrons. The van der Waals surface area contributed by atoms with Crippen LogP contribution in [0.15, 0.2) is 41.6 Å². The zero-order valence-electron chi connectivity index (χ0n) is 15.0. The summed E-state index contributed by atoms with van der Waals surface area (Å²) >= 11 is 0. The van der Waals surface area contributed by atoms with Crippen molar-refractivity contribution in [2.24, 2.45) is 0 Å². The van der Waals surface area contributed by atoms with Crippen molar-refractivity contribution in [2.45, 2.75) is 19.9 Å². The van der Waals surface area contributed by atoms with E-state index in [1.54, 1.807) is 4.68 Å². The summed E-state index contributed by atoms with van der Waals surface area (Å²) in [5, 5.41) is 4.48. The van der Waals surface area contributed by atoms with E-state index >= 15 is 0 Å². The van der Waals surface area contributed by atoms with E-state index < -0.39 is 23.3 Å². The van der Waals surface area contributed by atoms with Gasteiger partial charge >= 0.3 is 0 Å². The Morgan fingerprint density at radius 1 is 1.15 bits per heavy atom. The number of hydrogen-bond donors (Lipinski definition) is 0. The highest BCUT2D eigenvalue weighted by molar-refractivity contribution is 6.02. The second kappa shape index (κ2) is 6.55. The van der Waals surface area contributed by atoms with Gasteiger partial charge in [-0.25, -0.2) is 9.67 Å². The predicted molar refractivity (Wildman–Crippen MR) is 96.3 cm³/mol. The number of ketones is 1. The lowest BCUT2D eigenvalue weighted by molar-refractivity contribution is -0.137. The molecule has 2 aromatic heterocycles. The zero-order valence-corrected chi connectivity index (χ0v) is 15.0. The molecule has 26 heavy (non-hydrogen) atoms. The smallest absolute Gasteiger partial charge is 0.265 e. The van der Waals surface area contributed by atoms with E-state index in [0.29, 0.717) is 5.65 Å². The quantitative estimate of drug-likeness (QED) is 0.656. The number of fused-ring (bicyclic) bond motifs is 1.